The van der Waals surface area contributed by atoms with E-state index < -0.39 is 5.97 Å². The molecule has 0 saturated heterocycles. The Morgan fingerprint density at radius 3 is 2.58 bits per heavy atom. The average molecular weight is 481 g/mol. The van der Waals surface area contributed by atoms with Crippen molar-refractivity contribution in [2.45, 2.75) is 19.9 Å². The number of aromatic nitrogens is 3. The summed E-state index contributed by atoms with van der Waals surface area (Å²) in [6, 6.07) is 19.2. The quantitative estimate of drug-likeness (QED) is 0.343. The molecular weight excluding hydrogens is 452 g/mol. The number of carbonyl (C=O) groups excluding carboxylic acids is 1. The number of rotatable bonds is 5. The molecule has 7 heteroatoms. The first-order valence-corrected chi connectivity index (χ1v) is 11.8. The first kappa shape index (κ1) is 23.4. The lowest BCUT2D eigenvalue weighted by Crippen LogP contribution is -2.20. The monoisotopic (exact) mass is 480 g/mol. The van der Waals surface area contributed by atoms with Crippen LogP contribution in [0.1, 0.15) is 34.5 Å². The van der Waals surface area contributed by atoms with E-state index in [9.17, 15) is 9.59 Å². The van der Waals surface area contributed by atoms with E-state index in [-0.39, 0.29) is 11.6 Å². The fourth-order valence-electron chi connectivity index (χ4n) is 4.84. The minimum atomic E-state index is -0.402. The van der Waals surface area contributed by atoms with Crippen molar-refractivity contribution >= 4 is 33.3 Å². The molecule has 0 aliphatic rings. The number of esters is 1. The molecule has 2 heterocycles. The number of fused-ring (bicyclic) bond motifs is 2. The lowest BCUT2D eigenvalue weighted by atomic mass is 9.95. The molecule has 0 saturated carbocycles. The molecule has 1 atom stereocenters. The van der Waals surface area contributed by atoms with Crippen molar-refractivity contribution in [1.82, 2.24) is 14.3 Å². The van der Waals surface area contributed by atoms with Gasteiger partial charge < -0.3 is 14.6 Å². The van der Waals surface area contributed by atoms with Gasteiger partial charge in [-0.3, -0.25) is 9.48 Å². The maximum Gasteiger partial charge on any atom is 0.339 e. The molecule has 36 heavy (non-hydrogen) atoms. The number of hydrogen-bond donors (Lipinski definition) is 1. The van der Waals surface area contributed by atoms with Crippen LogP contribution >= 0.6 is 0 Å². The molecule has 1 N–H and O–H groups in total. The lowest BCUT2D eigenvalue weighted by Gasteiger charge is -2.21. The minimum Gasteiger partial charge on any atom is -0.465 e. The molecule has 2 aromatic heterocycles. The molecule has 7 nitrogen and oxygen atoms in total. The van der Waals surface area contributed by atoms with Gasteiger partial charge in [0.2, 0.25) is 0 Å². The summed E-state index contributed by atoms with van der Waals surface area (Å²) in [6.45, 7) is 4.02. The molecule has 0 spiro atoms. The molecule has 182 valence electrons. The SMILES string of the molecule is COC(=O)c1ccccc1NC(C)c1cc(C)cc2c(=O)n(C)c(-c3ccc4nn(C)cc4c3)cc12. The van der Waals surface area contributed by atoms with Crippen LogP contribution in [0, 0.1) is 6.92 Å². The van der Waals surface area contributed by atoms with E-state index in [4.69, 9.17) is 4.74 Å². The maximum atomic E-state index is 13.5. The minimum absolute atomic E-state index is 0.0547. The Bertz CT molecular complexity index is 1700. The summed E-state index contributed by atoms with van der Waals surface area (Å²) < 4.78 is 8.44. The highest BCUT2D eigenvalue weighted by molar-refractivity contribution is 5.96. The van der Waals surface area contributed by atoms with E-state index in [1.807, 2.05) is 57.4 Å². The van der Waals surface area contributed by atoms with Gasteiger partial charge in [0.1, 0.15) is 0 Å². The van der Waals surface area contributed by atoms with Gasteiger partial charge in [-0.15, -0.1) is 0 Å². The standard InChI is InChI=1S/C29H28N4O3/c1-17-12-22(18(2)30-26-9-7-6-8-21(26)29(35)36-5)23-15-27(33(4)28(34)24(23)13-17)19-10-11-25-20(14-19)16-32(3)31-25/h6-16,18,30H,1-5H3. The van der Waals surface area contributed by atoms with Crippen LogP contribution in [0.2, 0.25) is 0 Å². The number of para-hydroxylation sites is 1. The number of pyridine rings is 1. The first-order valence-electron chi connectivity index (χ1n) is 11.8. The van der Waals surface area contributed by atoms with E-state index in [1.54, 1.807) is 28.4 Å². The van der Waals surface area contributed by atoms with Gasteiger partial charge in [0, 0.05) is 42.8 Å². The number of hydrogen-bond acceptors (Lipinski definition) is 5. The molecule has 0 aliphatic carbocycles. The number of carbonyl (C=O) groups is 1. The fraction of sp³-hybridized carbons (Fsp3) is 0.207. The van der Waals surface area contributed by atoms with Crippen molar-refractivity contribution in [1.29, 1.82) is 0 Å². The molecule has 0 amide bonds. The van der Waals surface area contributed by atoms with E-state index in [1.165, 1.54) is 7.11 Å². The largest absolute Gasteiger partial charge is 0.465 e. The Labute approximate surface area is 208 Å². The molecule has 3 aromatic carbocycles. The van der Waals surface area contributed by atoms with Gasteiger partial charge in [0.05, 0.1) is 23.9 Å². The molecule has 0 bridgehead atoms. The molecule has 5 rings (SSSR count). The van der Waals surface area contributed by atoms with E-state index in [0.29, 0.717) is 16.6 Å². The van der Waals surface area contributed by atoms with Crippen LogP contribution in [0.3, 0.4) is 0 Å². The third kappa shape index (κ3) is 4.02. The highest BCUT2D eigenvalue weighted by Gasteiger charge is 2.18. The number of nitrogens with one attached hydrogen (secondary N) is 1. The summed E-state index contributed by atoms with van der Waals surface area (Å²) >= 11 is 0. The summed E-state index contributed by atoms with van der Waals surface area (Å²) in [4.78, 5) is 25.8. The van der Waals surface area contributed by atoms with Crippen LogP contribution in [0.4, 0.5) is 5.69 Å². The zero-order valence-corrected chi connectivity index (χ0v) is 21.0. The van der Waals surface area contributed by atoms with Gasteiger partial charge in [0.25, 0.3) is 5.56 Å². The number of benzene rings is 3. The highest BCUT2D eigenvalue weighted by atomic mass is 16.5. The van der Waals surface area contributed by atoms with E-state index in [0.717, 1.165) is 38.7 Å². The highest BCUT2D eigenvalue weighted by Crippen LogP contribution is 2.32. The van der Waals surface area contributed by atoms with Crippen LogP contribution in [-0.4, -0.2) is 27.4 Å². The Morgan fingerprint density at radius 2 is 1.81 bits per heavy atom. The van der Waals surface area contributed by atoms with E-state index >= 15 is 0 Å². The number of nitrogens with zero attached hydrogens (tertiary/aromatic N) is 3. The summed E-state index contributed by atoms with van der Waals surface area (Å²) in [7, 11) is 5.07. The second-order valence-corrected chi connectivity index (χ2v) is 9.19. The zero-order chi connectivity index (χ0) is 25.6. The molecule has 1 unspecified atom stereocenters. The summed E-state index contributed by atoms with van der Waals surface area (Å²) in [6.07, 6.45) is 1.97. The number of methoxy groups -OCH3 is 1. The number of anilines is 1. The van der Waals surface area contributed by atoms with Crippen molar-refractivity contribution < 1.29 is 9.53 Å². The second-order valence-electron chi connectivity index (χ2n) is 9.19. The van der Waals surface area contributed by atoms with Crippen LogP contribution < -0.4 is 10.9 Å². The average Bonchev–Trinajstić information content (AvgIpc) is 3.25. The summed E-state index contributed by atoms with van der Waals surface area (Å²) in [5, 5.41) is 10.5. The predicted octanol–water partition coefficient (Wildman–Crippen LogP) is 5.36. The topological polar surface area (TPSA) is 78.2 Å². The van der Waals surface area contributed by atoms with Crippen molar-refractivity contribution in [2.24, 2.45) is 14.1 Å². The Balaban J connectivity index is 1.66. The van der Waals surface area contributed by atoms with Gasteiger partial charge in [0.15, 0.2) is 0 Å². The van der Waals surface area contributed by atoms with Crippen LogP contribution in [0.5, 0.6) is 0 Å². The zero-order valence-electron chi connectivity index (χ0n) is 21.0. The molecule has 5 aromatic rings. The van der Waals surface area contributed by atoms with Crippen molar-refractivity contribution in [3.05, 3.63) is 93.9 Å². The van der Waals surface area contributed by atoms with Gasteiger partial charge in [-0.05, 0) is 72.3 Å². The van der Waals surface area contributed by atoms with Gasteiger partial charge in [-0.1, -0.05) is 24.3 Å². The molecular formula is C29H28N4O3. The second kappa shape index (κ2) is 9.00. The van der Waals surface area contributed by atoms with Crippen LogP contribution in [0.25, 0.3) is 32.9 Å². The van der Waals surface area contributed by atoms with Gasteiger partial charge >= 0.3 is 5.97 Å². The van der Waals surface area contributed by atoms with Gasteiger partial charge in [-0.2, -0.15) is 5.10 Å². The van der Waals surface area contributed by atoms with E-state index in [2.05, 4.69) is 28.6 Å². The van der Waals surface area contributed by atoms with Gasteiger partial charge in [-0.25, -0.2) is 4.79 Å². The fourth-order valence-corrected chi connectivity index (χ4v) is 4.84. The number of ether oxygens (including phenoxy) is 1. The molecule has 0 aliphatic heterocycles. The Hall–Kier alpha value is -4.39. The third-order valence-corrected chi connectivity index (χ3v) is 6.62. The molecule has 0 fully saturated rings. The maximum absolute atomic E-state index is 13.5. The Morgan fingerprint density at radius 1 is 1.03 bits per heavy atom. The van der Waals surface area contributed by atoms with Crippen LogP contribution in [0.15, 0.2) is 71.7 Å². The first-order chi connectivity index (χ1) is 17.3. The normalized spacial score (nSPS) is 12.1. The number of aryl methyl sites for hydroxylation is 2. The molecule has 0 radical (unpaired) electrons. The van der Waals surface area contributed by atoms with Crippen LogP contribution in [-0.2, 0) is 18.8 Å². The Kier molecular flexibility index (Phi) is 5.84. The smallest absolute Gasteiger partial charge is 0.339 e. The lowest BCUT2D eigenvalue weighted by molar-refractivity contribution is 0.0602. The summed E-state index contributed by atoms with van der Waals surface area (Å²) in [5.74, 6) is -0.402. The van der Waals surface area contributed by atoms with Crippen molar-refractivity contribution in [3.63, 3.8) is 0 Å². The van der Waals surface area contributed by atoms with Crippen molar-refractivity contribution in [2.75, 3.05) is 12.4 Å². The predicted molar refractivity (Wildman–Crippen MR) is 143 cm³/mol. The summed E-state index contributed by atoms with van der Waals surface area (Å²) in [5.41, 5.74) is 5.74. The van der Waals surface area contributed by atoms with Crippen molar-refractivity contribution in [3.8, 4) is 11.3 Å². The third-order valence-electron chi connectivity index (χ3n) is 6.62.